The largest absolute Gasteiger partial charge is 0.349 e. The molecule has 2 unspecified atom stereocenters. The molecule has 4 aliphatic carbocycles. The fourth-order valence-corrected chi connectivity index (χ4v) is 6.39. The predicted octanol–water partition coefficient (Wildman–Crippen LogP) is 3.10. The van der Waals surface area contributed by atoms with Gasteiger partial charge < -0.3 is 10.6 Å². The normalized spacial score (nSPS) is 30.7. The number of alkyl halides is 1. The quantitative estimate of drug-likeness (QED) is 0.701. The minimum atomic E-state index is -1.03. The summed E-state index contributed by atoms with van der Waals surface area (Å²) in [6.45, 7) is 5.22. The van der Waals surface area contributed by atoms with E-state index in [-0.39, 0.29) is 29.7 Å². The smallest absolute Gasteiger partial charge is 0.257 e. The SMILES string of the molecule is CC(=O)NC(C)(C)/C=C/n1ncc(C(=O)NC2C3CC4CC2CC(F)(C4)C3)c1-n1cccn1. The Kier molecular flexibility index (Phi) is 5.17. The molecule has 0 spiro atoms. The van der Waals surface area contributed by atoms with Crippen molar-refractivity contribution in [3.63, 3.8) is 0 Å². The molecule has 9 heteroatoms. The third kappa shape index (κ3) is 4.20. The second-order valence-electron chi connectivity index (χ2n) is 10.6. The summed E-state index contributed by atoms with van der Waals surface area (Å²) in [5, 5.41) is 14.8. The Morgan fingerprint density at radius 1 is 1.21 bits per heavy atom. The Morgan fingerprint density at radius 3 is 2.55 bits per heavy atom. The standard InChI is InChI=1S/C24H31FN6O2/c1-15(32)29-23(2,3)5-8-31-22(30-7-4-6-26-30)19(14-27-31)21(33)28-20-17-9-16-10-18(20)13-24(25,11-16)12-17/h4-8,14,16-18,20H,9-13H2,1-3H3,(H,28,33)(H,29,32)/b8-5+. The molecule has 4 saturated carbocycles. The Bertz CT molecular complexity index is 1070. The van der Waals surface area contributed by atoms with Crippen LogP contribution in [-0.2, 0) is 4.79 Å². The number of hydrogen-bond acceptors (Lipinski definition) is 4. The third-order valence-electron chi connectivity index (χ3n) is 7.36. The Hall–Kier alpha value is -2.97. The van der Waals surface area contributed by atoms with Gasteiger partial charge in [-0.15, -0.1) is 0 Å². The minimum absolute atomic E-state index is 0.000915. The summed E-state index contributed by atoms with van der Waals surface area (Å²) < 4.78 is 18.2. The van der Waals surface area contributed by atoms with E-state index < -0.39 is 11.2 Å². The van der Waals surface area contributed by atoms with E-state index in [9.17, 15) is 9.59 Å². The number of nitrogens with zero attached hydrogens (tertiary/aromatic N) is 4. The van der Waals surface area contributed by atoms with Gasteiger partial charge in [-0.2, -0.15) is 10.2 Å². The van der Waals surface area contributed by atoms with Crippen LogP contribution < -0.4 is 10.6 Å². The number of rotatable bonds is 6. The molecule has 4 aliphatic rings. The first-order valence-corrected chi connectivity index (χ1v) is 11.7. The summed E-state index contributed by atoms with van der Waals surface area (Å²) in [6.07, 6.45) is 12.3. The Balaban J connectivity index is 1.40. The third-order valence-corrected chi connectivity index (χ3v) is 7.36. The molecule has 33 heavy (non-hydrogen) atoms. The molecule has 2 atom stereocenters. The van der Waals surface area contributed by atoms with E-state index in [1.54, 1.807) is 34.0 Å². The molecule has 2 amide bonds. The van der Waals surface area contributed by atoms with E-state index >= 15 is 4.39 Å². The van der Waals surface area contributed by atoms with Gasteiger partial charge in [0, 0.05) is 31.6 Å². The van der Waals surface area contributed by atoms with E-state index in [2.05, 4.69) is 20.8 Å². The molecule has 2 aromatic heterocycles. The second-order valence-corrected chi connectivity index (χ2v) is 10.6. The lowest BCUT2D eigenvalue weighted by atomic mass is 9.53. The minimum Gasteiger partial charge on any atom is -0.349 e. The lowest BCUT2D eigenvalue weighted by molar-refractivity contribution is -0.120. The second kappa shape index (κ2) is 7.81. The van der Waals surface area contributed by atoms with E-state index in [1.165, 1.54) is 13.1 Å². The molecule has 0 aliphatic heterocycles. The van der Waals surface area contributed by atoms with Crippen molar-refractivity contribution in [1.82, 2.24) is 30.2 Å². The summed E-state index contributed by atoms with van der Waals surface area (Å²) in [7, 11) is 0. The van der Waals surface area contributed by atoms with Crippen molar-refractivity contribution in [2.24, 2.45) is 17.8 Å². The van der Waals surface area contributed by atoms with Gasteiger partial charge in [-0.1, -0.05) is 0 Å². The van der Waals surface area contributed by atoms with Crippen molar-refractivity contribution in [3.05, 3.63) is 36.3 Å². The van der Waals surface area contributed by atoms with Gasteiger partial charge in [0.1, 0.15) is 11.2 Å². The molecule has 8 nitrogen and oxygen atoms in total. The maximum atomic E-state index is 15.1. The fourth-order valence-electron chi connectivity index (χ4n) is 6.39. The topological polar surface area (TPSA) is 93.8 Å². The molecule has 2 heterocycles. The van der Waals surface area contributed by atoms with Crippen molar-refractivity contribution < 1.29 is 14.0 Å². The van der Waals surface area contributed by atoms with Gasteiger partial charge in [0.15, 0.2) is 5.82 Å². The van der Waals surface area contributed by atoms with Crippen LogP contribution in [0.2, 0.25) is 0 Å². The van der Waals surface area contributed by atoms with Gasteiger partial charge in [-0.3, -0.25) is 9.59 Å². The van der Waals surface area contributed by atoms with Gasteiger partial charge in [0.2, 0.25) is 5.91 Å². The molecular weight excluding hydrogens is 423 g/mol. The van der Waals surface area contributed by atoms with Crippen LogP contribution in [0.3, 0.4) is 0 Å². The average molecular weight is 455 g/mol. The molecule has 0 saturated heterocycles. The number of nitrogens with one attached hydrogen (secondary N) is 2. The molecule has 2 aromatic rings. The Morgan fingerprint density at radius 2 is 1.94 bits per heavy atom. The van der Waals surface area contributed by atoms with E-state index in [0.717, 1.165) is 12.8 Å². The van der Waals surface area contributed by atoms with E-state index in [0.29, 0.717) is 36.6 Å². The van der Waals surface area contributed by atoms with E-state index in [4.69, 9.17) is 0 Å². The van der Waals surface area contributed by atoms with Gasteiger partial charge in [-0.25, -0.2) is 13.8 Å². The lowest BCUT2D eigenvalue weighted by Crippen LogP contribution is -2.60. The summed E-state index contributed by atoms with van der Waals surface area (Å²) in [5.41, 5.74) is -1.22. The van der Waals surface area contributed by atoms with Crippen LogP contribution in [0.15, 0.2) is 30.7 Å². The first kappa shape index (κ1) is 21.9. The molecule has 0 aromatic carbocycles. The van der Waals surface area contributed by atoms with Crippen molar-refractivity contribution in [2.75, 3.05) is 0 Å². The van der Waals surface area contributed by atoms with E-state index in [1.807, 2.05) is 19.9 Å². The molecule has 0 radical (unpaired) electrons. The zero-order chi connectivity index (χ0) is 23.4. The molecule has 4 bridgehead atoms. The highest BCUT2D eigenvalue weighted by Gasteiger charge is 2.56. The fraction of sp³-hybridized carbons (Fsp3) is 0.583. The van der Waals surface area contributed by atoms with Crippen LogP contribution in [0, 0.1) is 17.8 Å². The van der Waals surface area contributed by atoms with Crippen LogP contribution in [0.5, 0.6) is 0 Å². The van der Waals surface area contributed by atoms with Crippen molar-refractivity contribution in [2.45, 2.75) is 70.1 Å². The van der Waals surface area contributed by atoms with Crippen LogP contribution in [0.25, 0.3) is 12.0 Å². The average Bonchev–Trinajstić information content (AvgIpc) is 3.36. The molecular formula is C24H31FN6O2. The highest BCUT2D eigenvalue weighted by Crippen LogP contribution is 2.57. The molecule has 2 N–H and O–H groups in total. The highest BCUT2D eigenvalue weighted by molar-refractivity contribution is 5.97. The van der Waals surface area contributed by atoms with Crippen LogP contribution in [-0.4, -0.2) is 48.6 Å². The van der Waals surface area contributed by atoms with Crippen molar-refractivity contribution in [3.8, 4) is 5.82 Å². The number of amides is 2. The number of carbonyl (C=O) groups excluding carboxylic acids is 2. The predicted molar refractivity (Wildman–Crippen MR) is 121 cm³/mol. The maximum absolute atomic E-state index is 15.1. The molecule has 4 fully saturated rings. The van der Waals surface area contributed by atoms with Crippen molar-refractivity contribution in [1.29, 1.82) is 0 Å². The maximum Gasteiger partial charge on any atom is 0.257 e. The lowest BCUT2D eigenvalue weighted by Gasteiger charge is -2.56. The summed E-state index contributed by atoms with van der Waals surface area (Å²) in [6, 6.07) is 1.78. The number of aromatic nitrogens is 4. The summed E-state index contributed by atoms with van der Waals surface area (Å²) >= 11 is 0. The summed E-state index contributed by atoms with van der Waals surface area (Å²) in [4.78, 5) is 24.9. The first-order chi connectivity index (χ1) is 15.6. The van der Waals surface area contributed by atoms with Gasteiger partial charge >= 0.3 is 0 Å². The van der Waals surface area contributed by atoms with Crippen molar-refractivity contribution >= 4 is 18.0 Å². The zero-order valence-corrected chi connectivity index (χ0v) is 19.3. The number of hydrogen-bond donors (Lipinski definition) is 2. The van der Waals surface area contributed by atoms with Gasteiger partial charge in [0.05, 0.1) is 11.7 Å². The number of carbonyl (C=O) groups is 2. The highest BCUT2D eigenvalue weighted by atomic mass is 19.1. The van der Waals surface area contributed by atoms with Gasteiger partial charge in [0.25, 0.3) is 5.91 Å². The molecule has 6 rings (SSSR count). The monoisotopic (exact) mass is 454 g/mol. The van der Waals surface area contributed by atoms with Crippen LogP contribution in [0.4, 0.5) is 4.39 Å². The van der Waals surface area contributed by atoms with Gasteiger partial charge in [-0.05, 0) is 75.8 Å². The number of halogens is 1. The Labute approximate surface area is 192 Å². The van der Waals surface area contributed by atoms with Crippen LogP contribution >= 0.6 is 0 Å². The zero-order valence-electron chi connectivity index (χ0n) is 19.3. The first-order valence-electron chi connectivity index (χ1n) is 11.7. The van der Waals surface area contributed by atoms with Crippen LogP contribution in [0.1, 0.15) is 63.2 Å². The molecule has 176 valence electrons. The summed E-state index contributed by atoms with van der Waals surface area (Å²) in [5.74, 6) is 1.02.